The van der Waals surface area contributed by atoms with Gasteiger partial charge in [-0.05, 0) is 29.1 Å². The monoisotopic (exact) mass is 456 g/mol. The van der Waals surface area contributed by atoms with Crippen molar-refractivity contribution in [3.63, 3.8) is 0 Å². The summed E-state index contributed by atoms with van der Waals surface area (Å²) in [6.45, 7) is 0.261. The predicted octanol–water partition coefficient (Wildman–Crippen LogP) is 4.38. The molecule has 0 fully saturated rings. The molecule has 3 aromatic carbocycles. The molecule has 8 heteroatoms. The van der Waals surface area contributed by atoms with Crippen molar-refractivity contribution in [3.8, 4) is 16.9 Å². The van der Waals surface area contributed by atoms with Crippen LogP contribution in [0.5, 0.6) is 5.75 Å². The smallest absolute Gasteiger partial charge is 0.251 e. The first kappa shape index (κ1) is 21.7. The van der Waals surface area contributed by atoms with Gasteiger partial charge in [0, 0.05) is 18.2 Å². The highest BCUT2D eigenvalue weighted by Gasteiger charge is 2.37. The first-order valence-corrected chi connectivity index (χ1v) is 10.9. The molecule has 5 rings (SSSR count). The van der Waals surface area contributed by atoms with E-state index in [2.05, 4.69) is 15.7 Å². The summed E-state index contributed by atoms with van der Waals surface area (Å²) in [5, 5.41) is 12.5. The first-order valence-electron chi connectivity index (χ1n) is 10.9. The van der Waals surface area contributed by atoms with Crippen LogP contribution >= 0.6 is 0 Å². The van der Waals surface area contributed by atoms with Gasteiger partial charge in [0.15, 0.2) is 0 Å². The van der Waals surface area contributed by atoms with Gasteiger partial charge < -0.3 is 20.1 Å². The van der Waals surface area contributed by atoms with E-state index in [4.69, 9.17) is 9.47 Å². The summed E-state index contributed by atoms with van der Waals surface area (Å²) in [6.07, 6.45) is -0.0479. The van der Waals surface area contributed by atoms with Gasteiger partial charge in [0.05, 0.1) is 31.4 Å². The molecule has 1 aliphatic rings. The summed E-state index contributed by atoms with van der Waals surface area (Å²) < 4.78 is 12.3. The number of benzene rings is 3. The van der Waals surface area contributed by atoms with Gasteiger partial charge in [0.2, 0.25) is 5.91 Å². The minimum Gasteiger partial charge on any atom is -0.497 e. The standard InChI is InChI=1S/C26H24N4O4/c1-33-15-21-24(17-9-5-10-18(13-17)34-2)25-28-26(32)22(30(25)29-21)14-23(31)27-20-12-6-8-16-7-3-4-11-19(16)20/h3-13,22H,14-15H2,1-2H3,(H,27,31)(H,28,32). The maximum atomic E-state index is 13.0. The van der Waals surface area contributed by atoms with Crippen molar-refractivity contribution in [2.45, 2.75) is 19.1 Å². The number of carbonyl (C=O) groups excluding carboxylic acids is 2. The zero-order chi connectivity index (χ0) is 23.7. The Morgan fingerprint density at radius 3 is 2.71 bits per heavy atom. The summed E-state index contributed by atoms with van der Waals surface area (Å²) >= 11 is 0. The zero-order valence-corrected chi connectivity index (χ0v) is 18.9. The molecule has 1 atom stereocenters. The molecule has 0 bridgehead atoms. The van der Waals surface area contributed by atoms with Gasteiger partial charge in [-0.2, -0.15) is 5.10 Å². The zero-order valence-electron chi connectivity index (χ0n) is 18.9. The molecule has 0 spiro atoms. The molecular formula is C26H24N4O4. The van der Waals surface area contributed by atoms with Crippen LogP contribution in [0.3, 0.4) is 0 Å². The van der Waals surface area contributed by atoms with Crippen LogP contribution in [0.15, 0.2) is 66.7 Å². The number of amides is 2. The summed E-state index contributed by atoms with van der Waals surface area (Å²) in [5.74, 6) is 0.698. The highest BCUT2D eigenvalue weighted by Crippen LogP contribution is 2.40. The number of anilines is 2. The number of carbonyl (C=O) groups is 2. The van der Waals surface area contributed by atoms with E-state index in [-0.39, 0.29) is 24.8 Å². The fourth-order valence-corrected chi connectivity index (χ4v) is 4.35. The predicted molar refractivity (Wildman–Crippen MR) is 130 cm³/mol. The van der Waals surface area contributed by atoms with Crippen LogP contribution in [0.25, 0.3) is 21.9 Å². The van der Waals surface area contributed by atoms with E-state index in [1.807, 2.05) is 66.7 Å². The van der Waals surface area contributed by atoms with Crippen molar-refractivity contribution in [3.05, 3.63) is 72.4 Å². The molecule has 0 saturated carbocycles. The second-order valence-electron chi connectivity index (χ2n) is 8.06. The summed E-state index contributed by atoms with van der Waals surface area (Å²) in [6, 6.07) is 20.3. The number of rotatable bonds is 7. The van der Waals surface area contributed by atoms with Crippen LogP contribution in [-0.2, 0) is 20.9 Å². The molecule has 2 amide bonds. The van der Waals surface area contributed by atoms with Crippen LogP contribution in [0.2, 0.25) is 0 Å². The molecule has 2 N–H and O–H groups in total. The fraction of sp³-hybridized carbons (Fsp3) is 0.192. The van der Waals surface area contributed by atoms with Crippen molar-refractivity contribution in [1.82, 2.24) is 9.78 Å². The summed E-state index contributed by atoms with van der Waals surface area (Å²) in [7, 11) is 3.19. The average Bonchev–Trinajstić information content (AvgIpc) is 3.34. The Kier molecular flexibility index (Phi) is 5.73. The van der Waals surface area contributed by atoms with E-state index in [1.165, 1.54) is 0 Å². The van der Waals surface area contributed by atoms with Crippen LogP contribution in [0.4, 0.5) is 11.5 Å². The Hall–Kier alpha value is -4.17. The second-order valence-corrected chi connectivity index (χ2v) is 8.06. The van der Waals surface area contributed by atoms with Gasteiger partial charge in [-0.15, -0.1) is 0 Å². The van der Waals surface area contributed by atoms with Crippen molar-refractivity contribution < 1.29 is 19.1 Å². The summed E-state index contributed by atoms with van der Waals surface area (Å²) in [4.78, 5) is 25.8. The Morgan fingerprint density at radius 1 is 1.09 bits per heavy atom. The molecule has 34 heavy (non-hydrogen) atoms. The maximum Gasteiger partial charge on any atom is 0.251 e. The molecule has 1 aliphatic heterocycles. The molecule has 2 heterocycles. The van der Waals surface area contributed by atoms with E-state index < -0.39 is 6.04 Å². The molecule has 1 unspecified atom stereocenters. The Balaban J connectivity index is 1.45. The molecule has 0 aliphatic carbocycles. The quantitative estimate of drug-likeness (QED) is 0.430. The topological polar surface area (TPSA) is 94.5 Å². The van der Waals surface area contributed by atoms with Gasteiger partial charge in [0.25, 0.3) is 5.91 Å². The van der Waals surface area contributed by atoms with E-state index >= 15 is 0 Å². The maximum absolute atomic E-state index is 13.0. The van der Waals surface area contributed by atoms with Crippen molar-refractivity contribution >= 4 is 34.1 Å². The SMILES string of the molecule is COCc1nn2c(c1-c1cccc(OC)c1)NC(=O)C2CC(=O)Nc1cccc2ccccc12. The minimum atomic E-state index is -0.764. The lowest BCUT2D eigenvalue weighted by Gasteiger charge is -2.12. The van der Waals surface area contributed by atoms with E-state index in [1.54, 1.807) is 18.9 Å². The molecular weight excluding hydrogens is 432 g/mol. The Morgan fingerprint density at radius 2 is 1.88 bits per heavy atom. The molecule has 4 aromatic rings. The van der Waals surface area contributed by atoms with Crippen LogP contribution in [0, 0.1) is 0 Å². The molecule has 8 nitrogen and oxygen atoms in total. The molecule has 0 radical (unpaired) electrons. The van der Waals surface area contributed by atoms with E-state index in [0.717, 1.165) is 21.9 Å². The van der Waals surface area contributed by atoms with Gasteiger partial charge >= 0.3 is 0 Å². The number of nitrogens with one attached hydrogen (secondary N) is 2. The van der Waals surface area contributed by atoms with Gasteiger partial charge in [-0.1, -0.05) is 48.5 Å². The van der Waals surface area contributed by atoms with Crippen molar-refractivity contribution in [1.29, 1.82) is 0 Å². The molecule has 0 saturated heterocycles. The lowest BCUT2D eigenvalue weighted by atomic mass is 10.1. The van der Waals surface area contributed by atoms with Crippen LogP contribution in [0.1, 0.15) is 18.2 Å². The number of fused-ring (bicyclic) bond motifs is 2. The van der Waals surface area contributed by atoms with Crippen molar-refractivity contribution in [2.75, 3.05) is 24.9 Å². The second kappa shape index (κ2) is 8.99. The largest absolute Gasteiger partial charge is 0.497 e. The number of ether oxygens (including phenoxy) is 2. The normalized spacial score (nSPS) is 14.6. The third-order valence-corrected chi connectivity index (χ3v) is 5.90. The van der Waals surface area contributed by atoms with Crippen molar-refractivity contribution in [2.24, 2.45) is 0 Å². The minimum absolute atomic E-state index is 0.0479. The van der Waals surface area contributed by atoms with Crippen LogP contribution < -0.4 is 15.4 Å². The van der Waals surface area contributed by atoms with Gasteiger partial charge in [0.1, 0.15) is 17.6 Å². The van der Waals surface area contributed by atoms with Crippen LogP contribution in [-0.4, -0.2) is 35.8 Å². The number of methoxy groups -OCH3 is 2. The fourth-order valence-electron chi connectivity index (χ4n) is 4.35. The Labute approximate surface area is 196 Å². The van der Waals surface area contributed by atoms with Gasteiger partial charge in [-0.3, -0.25) is 9.59 Å². The lowest BCUT2D eigenvalue weighted by Crippen LogP contribution is -2.24. The number of hydrogen-bond acceptors (Lipinski definition) is 5. The number of nitrogens with zero attached hydrogens (tertiary/aromatic N) is 2. The third kappa shape index (κ3) is 3.88. The first-order chi connectivity index (χ1) is 16.6. The number of aromatic nitrogens is 2. The molecule has 172 valence electrons. The average molecular weight is 457 g/mol. The number of hydrogen-bond donors (Lipinski definition) is 2. The van der Waals surface area contributed by atoms with E-state index in [9.17, 15) is 9.59 Å². The summed E-state index contributed by atoms with van der Waals surface area (Å²) in [5.41, 5.74) is 2.98. The highest BCUT2D eigenvalue weighted by molar-refractivity contribution is 6.06. The lowest BCUT2D eigenvalue weighted by molar-refractivity contribution is -0.123. The molecule has 1 aromatic heterocycles. The van der Waals surface area contributed by atoms with Gasteiger partial charge in [-0.25, -0.2) is 4.68 Å². The Bertz CT molecular complexity index is 1390. The van der Waals surface area contributed by atoms with E-state index in [0.29, 0.717) is 22.9 Å². The highest BCUT2D eigenvalue weighted by atomic mass is 16.5. The third-order valence-electron chi connectivity index (χ3n) is 5.90.